The van der Waals surface area contributed by atoms with Gasteiger partial charge in [-0.2, -0.15) is 0 Å². The lowest BCUT2D eigenvalue weighted by atomic mass is 10.1. The molecule has 1 unspecified atom stereocenters. The number of hydrogen-bond acceptors (Lipinski definition) is 3. The molecule has 1 atom stereocenters. The van der Waals surface area contributed by atoms with E-state index in [-0.39, 0.29) is 11.9 Å². The van der Waals surface area contributed by atoms with Crippen molar-refractivity contribution >= 4 is 23.3 Å². The van der Waals surface area contributed by atoms with Gasteiger partial charge in [0.1, 0.15) is 0 Å². The van der Waals surface area contributed by atoms with E-state index in [4.69, 9.17) is 5.73 Å². The molecule has 1 aromatic carbocycles. The van der Waals surface area contributed by atoms with E-state index < -0.39 is 6.03 Å². The summed E-state index contributed by atoms with van der Waals surface area (Å²) in [5.41, 5.74) is 6.48. The second-order valence-electron chi connectivity index (χ2n) is 4.63. The zero-order chi connectivity index (χ0) is 15.2. The Kier molecular flexibility index (Phi) is 4.94. The number of primary amides is 1. The zero-order valence-electron chi connectivity index (χ0n) is 11.6. The van der Waals surface area contributed by atoms with Gasteiger partial charge in [-0.1, -0.05) is 18.2 Å². The molecule has 5 nitrogen and oxygen atoms in total. The fourth-order valence-electron chi connectivity index (χ4n) is 1.85. The number of nitrogens with one attached hydrogen (secondary N) is 2. The predicted molar refractivity (Wildman–Crippen MR) is 83.1 cm³/mol. The molecule has 0 aliphatic rings. The minimum atomic E-state index is -0.568. The smallest absolute Gasteiger partial charge is 0.312 e. The van der Waals surface area contributed by atoms with Crippen molar-refractivity contribution in [2.24, 2.45) is 5.73 Å². The first-order valence-electron chi connectivity index (χ1n) is 6.53. The summed E-state index contributed by atoms with van der Waals surface area (Å²) < 4.78 is 0. The number of thiophene rings is 1. The van der Waals surface area contributed by atoms with Gasteiger partial charge in [-0.15, -0.1) is 11.3 Å². The first-order chi connectivity index (χ1) is 10.1. The molecule has 3 amide bonds. The van der Waals surface area contributed by atoms with E-state index in [0.717, 1.165) is 10.4 Å². The van der Waals surface area contributed by atoms with E-state index >= 15 is 0 Å². The molecule has 0 saturated heterocycles. The van der Waals surface area contributed by atoms with Crippen LogP contribution < -0.4 is 16.4 Å². The molecule has 110 valence electrons. The van der Waals surface area contributed by atoms with Crippen molar-refractivity contribution in [1.82, 2.24) is 10.6 Å². The Hall–Kier alpha value is -2.34. The van der Waals surface area contributed by atoms with E-state index in [1.807, 2.05) is 24.4 Å². The quantitative estimate of drug-likeness (QED) is 0.792. The van der Waals surface area contributed by atoms with Gasteiger partial charge in [0.05, 0.1) is 6.04 Å². The van der Waals surface area contributed by atoms with Crippen LogP contribution in [0.4, 0.5) is 4.79 Å². The van der Waals surface area contributed by atoms with E-state index in [1.165, 1.54) is 0 Å². The third-order valence-electron chi connectivity index (χ3n) is 3.00. The minimum absolute atomic E-state index is 0.0197. The Bertz CT molecular complexity index is 608. The van der Waals surface area contributed by atoms with Gasteiger partial charge in [0.2, 0.25) is 0 Å². The van der Waals surface area contributed by atoms with E-state index in [0.29, 0.717) is 12.1 Å². The number of benzene rings is 1. The van der Waals surface area contributed by atoms with Crippen molar-refractivity contribution in [3.05, 3.63) is 57.8 Å². The van der Waals surface area contributed by atoms with Crippen LogP contribution in [0.25, 0.3) is 0 Å². The van der Waals surface area contributed by atoms with Gasteiger partial charge in [-0.3, -0.25) is 4.79 Å². The van der Waals surface area contributed by atoms with Crippen molar-refractivity contribution in [3.63, 3.8) is 0 Å². The highest BCUT2D eigenvalue weighted by molar-refractivity contribution is 7.10. The van der Waals surface area contributed by atoms with Crippen LogP contribution in [0.15, 0.2) is 41.8 Å². The molecule has 0 aliphatic carbocycles. The van der Waals surface area contributed by atoms with Crippen molar-refractivity contribution in [2.45, 2.75) is 19.5 Å². The summed E-state index contributed by atoms with van der Waals surface area (Å²) in [5.74, 6) is -0.120. The highest BCUT2D eigenvalue weighted by Crippen LogP contribution is 2.18. The average Bonchev–Trinajstić information content (AvgIpc) is 3.00. The van der Waals surface area contributed by atoms with Crippen molar-refractivity contribution < 1.29 is 9.59 Å². The number of hydrogen-bond donors (Lipinski definition) is 3. The van der Waals surface area contributed by atoms with Gasteiger partial charge in [0.25, 0.3) is 5.91 Å². The Labute approximate surface area is 127 Å². The largest absolute Gasteiger partial charge is 0.352 e. The monoisotopic (exact) mass is 303 g/mol. The van der Waals surface area contributed by atoms with Crippen molar-refractivity contribution in [3.8, 4) is 0 Å². The van der Waals surface area contributed by atoms with Crippen LogP contribution in [-0.2, 0) is 6.54 Å². The molecule has 2 rings (SSSR count). The molecule has 0 bridgehead atoms. The van der Waals surface area contributed by atoms with E-state index in [9.17, 15) is 9.59 Å². The molecule has 0 spiro atoms. The van der Waals surface area contributed by atoms with Crippen LogP contribution in [0, 0.1) is 0 Å². The highest BCUT2D eigenvalue weighted by atomic mass is 32.1. The molecule has 6 heteroatoms. The Morgan fingerprint density at radius 3 is 2.52 bits per heavy atom. The maximum Gasteiger partial charge on any atom is 0.312 e. The molecule has 21 heavy (non-hydrogen) atoms. The molecule has 0 fully saturated rings. The number of rotatable bonds is 5. The van der Waals surface area contributed by atoms with Gasteiger partial charge in [-0.25, -0.2) is 4.79 Å². The lowest BCUT2D eigenvalue weighted by Crippen LogP contribution is -2.28. The van der Waals surface area contributed by atoms with E-state index in [2.05, 4.69) is 10.6 Å². The number of nitrogens with two attached hydrogens (primary N) is 1. The molecule has 0 radical (unpaired) electrons. The fraction of sp³-hybridized carbons (Fsp3) is 0.200. The second kappa shape index (κ2) is 6.90. The standard InChI is InChI=1S/C15H17N3O2S/c1-10(13-3-2-8-21-13)18-14(19)12-6-4-11(5-7-12)9-17-15(16)20/h2-8,10H,9H2,1H3,(H,18,19)(H3,16,17,20). The van der Waals surface area contributed by atoms with Crippen LogP contribution in [-0.4, -0.2) is 11.9 Å². The number of carbonyl (C=O) groups is 2. The van der Waals surface area contributed by atoms with Crippen molar-refractivity contribution in [2.75, 3.05) is 0 Å². The Morgan fingerprint density at radius 1 is 1.24 bits per heavy atom. The van der Waals surface area contributed by atoms with Crippen LogP contribution in [0.1, 0.15) is 33.8 Å². The third kappa shape index (κ3) is 4.32. The molecular weight excluding hydrogens is 286 g/mol. The maximum absolute atomic E-state index is 12.1. The number of urea groups is 1. The topological polar surface area (TPSA) is 84.2 Å². The average molecular weight is 303 g/mol. The minimum Gasteiger partial charge on any atom is -0.352 e. The number of carbonyl (C=O) groups excluding carboxylic acids is 2. The molecule has 1 heterocycles. The Balaban J connectivity index is 1.95. The molecule has 0 saturated carbocycles. The fourth-order valence-corrected chi connectivity index (χ4v) is 2.59. The van der Waals surface area contributed by atoms with Crippen LogP contribution >= 0.6 is 11.3 Å². The molecule has 0 aliphatic heterocycles. The molecule has 2 aromatic rings. The van der Waals surface area contributed by atoms with Gasteiger partial charge in [-0.05, 0) is 36.1 Å². The zero-order valence-corrected chi connectivity index (χ0v) is 12.4. The van der Waals surface area contributed by atoms with Crippen LogP contribution in [0.2, 0.25) is 0 Å². The highest BCUT2D eigenvalue weighted by Gasteiger charge is 2.11. The molecular formula is C15H17N3O2S. The summed E-state index contributed by atoms with van der Waals surface area (Å²) in [7, 11) is 0. The maximum atomic E-state index is 12.1. The summed E-state index contributed by atoms with van der Waals surface area (Å²) in [4.78, 5) is 23.9. The lowest BCUT2D eigenvalue weighted by Gasteiger charge is -2.12. The summed E-state index contributed by atoms with van der Waals surface area (Å²) >= 11 is 1.61. The first-order valence-corrected chi connectivity index (χ1v) is 7.40. The Morgan fingerprint density at radius 2 is 1.95 bits per heavy atom. The SMILES string of the molecule is CC(NC(=O)c1ccc(CNC(N)=O)cc1)c1cccs1. The summed E-state index contributed by atoms with van der Waals surface area (Å²) in [6.45, 7) is 2.30. The summed E-state index contributed by atoms with van der Waals surface area (Å²) in [5, 5.41) is 7.44. The predicted octanol–water partition coefficient (Wildman–Crippen LogP) is 2.41. The van der Waals surface area contributed by atoms with E-state index in [1.54, 1.807) is 35.6 Å². The van der Waals surface area contributed by atoms with Crippen LogP contribution in [0.5, 0.6) is 0 Å². The third-order valence-corrected chi connectivity index (χ3v) is 4.06. The number of amides is 3. The van der Waals surface area contributed by atoms with Crippen LogP contribution in [0.3, 0.4) is 0 Å². The lowest BCUT2D eigenvalue weighted by molar-refractivity contribution is 0.0940. The molecule has 4 N–H and O–H groups in total. The normalized spacial score (nSPS) is 11.7. The molecule has 1 aromatic heterocycles. The second-order valence-corrected chi connectivity index (χ2v) is 5.60. The van der Waals surface area contributed by atoms with Crippen molar-refractivity contribution in [1.29, 1.82) is 0 Å². The van der Waals surface area contributed by atoms with Gasteiger partial charge < -0.3 is 16.4 Å². The summed E-state index contributed by atoms with van der Waals surface area (Å²) in [6, 6.07) is 10.4. The summed E-state index contributed by atoms with van der Waals surface area (Å²) in [6.07, 6.45) is 0. The van der Waals surface area contributed by atoms with Gasteiger partial charge in [0, 0.05) is 17.0 Å². The first kappa shape index (κ1) is 15.1. The van der Waals surface area contributed by atoms with Gasteiger partial charge in [0.15, 0.2) is 0 Å². The van der Waals surface area contributed by atoms with Gasteiger partial charge >= 0.3 is 6.03 Å².